The maximum absolute atomic E-state index is 4.19. The molecule has 0 radical (unpaired) electrons. The van der Waals surface area contributed by atoms with E-state index in [0.29, 0.717) is 11.5 Å². The highest BCUT2D eigenvalue weighted by atomic mass is 15.3. The number of aromatic nitrogens is 2. The molecule has 3 heteroatoms. The van der Waals surface area contributed by atoms with Crippen molar-refractivity contribution in [2.24, 2.45) is 12.5 Å². The number of hydrogen-bond acceptors (Lipinski definition) is 2. The first-order chi connectivity index (χ1) is 7.11. The zero-order valence-corrected chi connectivity index (χ0v) is 9.95. The minimum absolute atomic E-state index is 0.398. The molecule has 1 heterocycles. The van der Waals surface area contributed by atoms with Crippen LogP contribution in [0.4, 0.5) is 0 Å². The van der Waals surface area contributed by atoms with Crippen LogP contribution in [0.5, 0.6) is 0 Å². The van der Waals surface area contributed by atoms with Crippen LogP contribution in [-0.4, -0.2) is 16.3 Å². The first-order valence-electron chi connectivity index (χ1n) is 5.82. The van der Waals surface area contributed by atoms with Gasteiger partial charge in [0.15, 0.2) is 0 Å². The lowest BCUT2D eigenvalue weighted by molar-refractivity contribution is 0.151. The van der Waals surface area contributed by atoms with Gasteiger partial charge in [-0.15, -0.1) is 0 Å². The van der Waals surface area contributed by atoms with E-state index in [9.17, 15) is 0 Å². The average molecular weight is 207 g/mol. The molecule has 3 nitrogen and oxygen atoms in total. The summed E-state index contributed by atoms with van der Waals surface area (Å²) in [5.41, 5.74) is 1.81. The number of nitrogens with one attached hydrogen (secondary N) is 1. The molecule has 1 fully saturated rings. The fraction of sp³-hybridized carbons (Fsp3) is 0.750. The highest BCUT2D eigenvalue weighted by Gasteiger charge is 2.31. The van der Waals surface area contributed by atoms with E-state index in [4.69, 9.17) is 0 Å². The van der Waals surface area contributed by atoms with E-state index in [1.54, 1.807) is 0 Å². The summed E-state index contributed by atoms with van der Waals surface area (Å²) < 4.78 is 1.95. The van der Waals surface area contributed by atoms with Gasteiger partial charge in [0.25, 0.3) is 0 Å². The smallest absolute Gasteiger partial charge is 0.0547 e. The van der Waals surface area contributed by atoms with E-state index in [1.807, 2.05) is 17.9 Å². The van der Waals surface area contributed by atoms with Gasteiger partial charge < -0.3 is 5.32 Å². The molecule has 1 aromatic rings. The van der Waals surface area contributed by atoms with Crippen molar-refractivity contribution in [3.63, 3.8) is 0 Å². The Morgan fingerprint density at radius 3 is 2.80 bits per heavy atom. The van der Waals surface area contributed by atoms with Crippen molar-refractivity contribution in [3.05, 3.63) is 18.0 Å². The second-order valence-electron chi connectivity index (χ2n) is 5.15. The summed E-state index contributed by atoms with van der Waals surface area (Å²) in [7, 11) is 2.00. The van der Waals surface area contributed by atoms with Crippen LogP contribution in [0, 0.1) is 5.41 Å². The molecule has 1 atom stereocenters. The maximum Gasteiger partial charge on any atom is 0.0547 e. The Labute approximate surface area is 91.9 Å². The van der Waals surface area contributed by atoms with Crippen LogP contribution in [0.15, 0.2) is 12.3 Å². The van der Waals surface area contributed by atoms with Crippen molar-refractivity contribution in [3.8, 4) is 0 Å². The number of nitrogens with zero attached hydrogens (tertiary/aromatic N) is 2. The number of aryl methyl sites for hydroxylation is 1. The van der Waals surface area contributed by atoms with E-state index in [0.717, 1.165) is 6.54 Å². The molecule has 1 unspecified atom stereocenters. The zero-order chi connectivity index (χ0) is 10.9. The van der Waals surface area contributed by atoms with Crippen molar-refractivity contribution in [2.75, 3.05) is 6.54 Å². The summed E-state index contributed by atoms with van der Waals surface area (Å²) in [6.07, 6.45) is 6.01. The van der Waals surface area contributed by atoms with Gasteiger partial charge in [-0.05, 0) is 31.2 Å². The Kier molecular flexibility index (Phi) is 2.83. The van der Waals surface area contributed by atoms with Crippen LogP contribution in [0.25, 0.3) is 0 Å². The Bertz CT molecular complexity index is 325. The molecule has 1 aliphatic carbocycles. The molecular weight excluding hydrogens is 186 g/mol. The van der Waals surface area contributed by atoms with Crippen LogP contribution in [0.1, 0.15) is 44.8 Å². The summed E-state index contributed by atoms with van der Waals surface area (Å²) in [4.78, 5) is 0. The molecule has 0 aliphatic heterocycles. The summed E-state index contributed by atoms with van der Waals surface area (Å²) in [5.74, 6) is 0. The Morgan fingerprint density at radius 1 is 1.60 bits per heavy atom. The molecule has 1 N–H and O–H groups in total. The summed E-state index contributed by atoms with van der Waals surface area (Å²) in [6, 6.07) is 2.48. The molecule has 0 aromatic carbocycles. The molecule has 1 aromatic heterocycles. The summed E-state index contributed by atoms with van der Waals surface area (Å²) in [6.45, 7) is 5.71. The standard InChI is InChI=1S/C12H21N3/c1-10(11-5-8-14-15(11)3)13-9-12(2)6-4-7-12/h5,8,10,13H,4,6-7,9H2,1-3H3. The highest BCUT2D eigenvalue weighted by molar-refractivity contribution is 5.05. The van der Waals surface area contributed by atoms with E-state index in [1.165, 1.54) is 25.0 Å². The van der Waals surface area contributed by atoms with Gasteiger partial charge in [0.1, 0.15) is 0 Å². The second kappa shape index (κ2) is 3.97. The fourth-order valence-corrected chi connectivity index (χ4v) is 2.27. The first-order valence-corrected chi connectivity index (χ1v) is 5.82. The van der Waals surface area contributed by atoms with E-state index in [-0.39, 0.29) is 0 Å². The van der Waals surface area contributed by atoms with Gasteiger partial charge >= 0.3 is 0 Å². The van der Waals surface area contributed by atoms with Crippen LogP contribution in [-0.2, 0) is 7.05 Å². The minimum Gasteiger partial charge on any atom is -0.308 e. The molecule has 0 spiro atoms. The van der Waals surface area contributed by atoms with Crippen LogP contribution in [0.2, 0.25) is 0 Å². The average Bonchev–Trinajstić information content (AvgIpc) is 2.58. The third-order valence-corrected chi connectivity index (χ3v) is 3.70. The predicted molar refractivity (Wildman–Crippen MR) is 61.6 cm³/mol. The van der Waals surface area contributed by atoms with Gasteiger partial charge in [-0.1, -0.05) is 13.3 Å². The van der Waals surface area contributed by atoms with Gasteiger partial charge in [0.2, 0.25) is 0 Å². The van der Waals surface area contributed by atoms with Gasteiger partial charge in [0.05, 0.1) is 5.69 Å². The molecule has 1 aliphatic rings. The van der Waals surface area contributed by atoms with Crippen molar-refractivity contribution < 1.29 is 0 Å². The largest absolute Gasteiger partial charge is 0.308 e. The quantitative estimate of drug-likeness (QED) is 0.820. The van der Waals surface area contributed by atoms with Crippen LogP contribution < -0.4 is 5.32 Å². The van der Waals surface area contributed by atoms with Crippen molar-refractivity contribution >= 4 is 0 Å². The SMILES string of the molecule is CC(NCC1(C)CCC1)c1ccnn1C. The Morgan fingerprint density at radius 2 is 2.33 bits per heavy atom. The van der Waals surface area contributed by atoms with Crippen LogP contribution in [0.3, 0.4) is 0 Å². The topological polar surface area (TPSA) is 29.9 Å². The molecular formula is C12H21N3. The molecule has 15 heavy (non-hydrogen) atoms. The zero-order valence-electron chi connectivity index (χ0n) is 9.95. The normalized spacial score (nSPS) is 21.0. The van der Waals surface area contributed by atoms with E-state index in [2.05, 4.69) is 30.3 Å². The van der Waals surface area contributed by atoms with E-state index >= 15 is 0 Å². The molecule has 1 saturated carbocycles. The second-order valence-corrected chi connectivity index (χ2v) is 5.15. The van der Waals surface area contributed by atoms with Gasteiger partial charge in [-0.3, -0.25) is 4.68 Å². The Balaban J connectivity index is 1.87. The Hall–Kier alpha value is -0.830. The lowest BCUT2D eigenvalue weighted by Gasteiger charge is -2.39. The molecule has 0 saturated heterocycles. The van der Waals surface area contributed by atoms with Gasteiger partial charge in [0, 0.05) is 25.8 Å². The predicted octanol–water partition coefficient (Wildman–Crippen LogP) is 2.26. The third kappa shape index (κ3) is 2.23. The molecule has 84 valence electrons. The van der Waals surface area contributed by atoms with E-state index < -0.39 is 0 Å². The molecule has 2 rings (SSSR count). The lowest BCUT2D eigenvalue weighted by atomic mass is 9.70. The molecule has 0 bridgehead atoms. The van der Waals surface area contributed by atoms with Gasteiger partial charge in [-0.25, -0.2) is 0 Å². The summed E-state index contributed by atoms with van der Waals surface area (Å²) in [5, 5.41) is 7.80. The van der Waals surface area contributed by atoms with Crippen molar-refractivity contribution in [2.45, 2.75) is 39.2 Å². The minimum atomic E-state index is 0.398. The van der Waals surface area contributed by atoms with Crippen molar-refractivity contribution in [1.29, 1.82) is 0 Å². The summed E-state index contributed by atoms with van der Waals surface area (Å²) >= 11 is 0. The maximum atomic E-state index is 4.19. The fourth-order valence-electron chi connectivity index (χ4n) is 2.27. The van der Waals surface area contributed by atoms with Crippen LogP contribution >= 0.6 is 0 Å². The van der Waals surface area contributed by atoms with Crippen molar-refractivity contribution in [1.82, 2.24) is 15.1 Å². The lowest BCUT2D eigenvalue weighted by Crippen LogP contribution is -2.38. The highest BCUT2D eigenvalue weighted by Crippen LogP contribution is 2.39. The number of rotatable bonds is 4. The monoisotopic (exact) mass is 207 g/mol. The number of hydrogen-bond donors (Lipinski definition) is 1. The van der Waals surface area contributed by atoms with Gasteiger partial charge in [-0.2, -0.15) is 5.10 Å². The molecule has 0 amide bonds. The third-order valence-electron chi connectivity index (χ3n) is 3.70. The first kappa shape index (κ1) is 10.7.